The predicted molar refractivity (Wildman–Crippen MR) is 116 cm³/mol. The molecule has 1 aromatic carbocycles. The van der Waals surface area contributed by atoms with Gasteiger partial charge in [-0.15, -0.1) is 0 Å². The predicted octanol–water partition coefficient (Wildman–Crippen LogP) is 3.93. The van der Waals surface area contributed by atoms with E-state index in [-0.39, 0.29) is 0 Å². The highest BCUT2D eigenvalue weighted by Gasteiger charge is 2.39. The van der Waals surface area contributed by atoms with Crippen LogP contribution in [0.25, 0.3) is 0 Å². The van der Waals surface area contributed by atoms with Gasteiger partial charge < -0.3 is 5.73 Å². The van der Waals surface area contributed by atoms with E-state index in [4.69, 9.17) is 28.9 Å². The van der Waals surface area contributed by atoms with Gasteiger partial charge in [0.05, 0.1) is 0 Å². The maximum absolute atomic E-state index is 12.8. The Labute approximate surface area is 180 Å². The van der Waals surface area contributed by atoms with Crippen LogP contribution in [0.3, 0.4) is 0 Å². The van der Waals surface area contributed by atoms with E-state index in [1.54, 1.807) is 43.0 Å². The topological polar surface area (TPSA) is 80.9 Å². The molecule has 0 spiro atoms. The summed E-state index contributed by atoms with van der Waals surface area (Å²) < 4.78 is 0. The van der Waals surface area contributed by atoms with Gasteiger partial charge in [0.15, 0.2) is 0 Å². The third-order valence-corrected chi connectivity index (χ3v) is 5.47. The van der Waals surface area contributed by atoms with Crippen LogP contribution in [0.15, 0.2) is 67.3 Å². The Kier molecular flexibility index (Phi) is 7.20. The van der Waals surface area contributed by atoms with Crippen molar-refractivity contribution in [2.45, 2.75) is 24.8 Å². The molecule has 0 aliphatic heterocycles. The molecule has 0 aliphatic rings. The Morgan fingerprint density at radius 3 is 2.48 bits per heavy atom. The van der Waals surface area contributed by atoms with E-state index in [1.165, 1.54) is 0 Å². The molecule has 3 aromatic rings. The number of rotatable bonds is 9. The lowest BCUT2D eigenvalue weighted by Gasteiger charge is -2.33. The number of aromatic nitrogens is 2. The molecular formula is C22H22Cl2N4O. The number of primary amides is 1. The second kappa shape index (κ2) is 9.83. The molecule has 3 N–H and O–H groups in total. The summed E-state index contributed by atoms with van der Waals surface area (Å²) in [4.78, 5) is 21.0. The highest BCUT2D eigenvalue weighted by Crippen LogP contribution is 2.34. The first-order valence-corrected chi connectivity index (χ1v) is 10.0. The molecule has 29 heavy (non-hydrogen) atoms. The van der Waals surface area contributed by atoms with Crippen molar-refractivity contribution in [3.63, 3.8) is 0 Å². The van der Waals surface area contributed by atoms with Crippen molar-refractivity contribution < 1.29 is 4.79 Å². The van der Waals surface area contributed by atoms with Crippen LogP contribution >= 0.6 is 23.2 Å². The van der Waals surface area contributed by atoms with Crippen LogP contribution in [0.1, 0.15) is 23.1 Å². The minimum atomic E-state index is -1.16. The number of carbonyl (C=O) groups is 1. The highest BCUT2D eigenvalue weighted by molar-refractivity contribution is 6.34. The van der Waals surface area contributed by atoms with Crippen molar-refractivity contribution >= 4 is 29.1 Å². The maximum atomic E-state index is 12.8. The van der Waals surface area contributed by atoms with E-state index >= 15 is 0 Å². The number of halogens is 2. The molecule has 0 bridgehead atoms. The van der Waals surface area contributed by atoms with Gasteiger partial charge >= 0.3 is 0 Å². The standard InChI is InChI=1S/C22H22Cl2N4O/c23-18-3-4-20(24)19(14-18)22(21(25)29,9-5-16-6-11-26-12-7-16)28-13-8-17-2-1-10-27-15-17/h1-4,6-7,10-12,14-15,28H,5,8-9,13H2,(H2,25,29). The summed E-state index contributed by atoms with van der Waals surface area (Å²) in [6, 6.07) is 12.8. The van der Waals surface area contributed by atoms with Crippen molar-refractivity contribution in [2.24, 2.45) is 5.73 Å². The van der Waals surface area contributed by atoms with E-state index in [0.717, 1.165) is 11.1 Å². The second-order valence-corrected chi connectivity index (χ2v) is 7.63. The molecule has 1 atom stereocenters. The molecule has 2 aromatic heterocycles. The number of hydrogen-bond acceptors (Lipinski definition) is 4. The van der Waals surface area contributed by atoms with Crippen molar-refractivity contribution in [2.75, 3.05) is 6.54 Å². The van der Waals surface area contributed by atoms with Crippen LogP contribution in [0.5, 0.6) is 0 Å². The SMILES string of the molecule is NC(=O)C(CCc1ccncc1)(NCCc1cccnc1)c1cc(Cl)ccc1Cl. The lowest BCUT2D eigenvalue weighted by Crippen LogP contribution is -2.53. The summed E-state index contributed by atoms with van der Waals surface area (Å²) in [5, 5.41) is 4.31. The molecule has 1 amide bonds. The zero-order valence-corrected chi connectivity index (χ0v) is 17.3. The fourth-order valence-electron chi connectivity index (χ4n) is 3.33. The molecular weight excluding hydrogens is 407 g/mol. The van der Waals surface area contributed by atoms with Gasteiger partial charge in [-0.3, -0.25) is 20.1 Å². The van der Waals surface area contributed by atoms with Crippen LogP contribution < -0.4 is 11.1 Å². The fourth-order valence-corrected chi connectivity index (χ4v) is 3.78. The normalized spacial score (nSPS) is 13.0. The molecule has 0 radical (unpaired) electrons. The number of amides is 1. The Morgan fingerprint density at radius 2 is 1.79 bits per heavy atom. The van der Waals surface area contributed by atoms with Crippen molar-refractivity contribution in [3.05, 3.63) is 94.0 Å². The summed E-state index contributed by atoms with van der Waals surface area (Å²) in [5.74, 6) is -0.498. The summed E-state index contributed by atoms with van der Waals surface area (Å²) in [6.07, 6.45) is 8.72. The van der Waals surface area contributed by atoms with Gasteiger partial charge in [0, 0.05) is 46.9 Å². The first-order valence-electron chi connectivity index (χ1n) is 9.29. The number of nitrogens with two attached hydrogens (primary N) is 1. The molecule has 0 fully saturated rings. The van der Waals surface area contributed by atoms with Gasteiger partial charge in [0.1, 0.15) is 5.54 Å². The Bertz CT molecular complexity index is 954. The monoisotopic (exact) mass is 428 g/mol. The minimum Gasteiger partial charge on any atom is -0.368 e. The van der Waals surface area contributed by atoms with Crippen molar-refractivity contribution in [1.29, 1.82) is 0 Å². The molecule has 0 saturated heterocycles. The van der Waals surface area contributed by atoms with Crippen LogP contribution in [-0.4, -0.2) is 22.4 Å². The number of carbonyl (C=O) groups excluding carboxylic acids is 1. The van der Waals surface area contributed by atoms with E-state index < -0.39 is 11.4 Å². The van der Waals surface area contributed by atoms with Gasteiger partial charge in [-0.1, -0.05) is 29.3 Å². The van der Waals surface area contributed by atoms with Gasteiger partial charge in [-0.05, 0) is 66.8 Å². The Hall–Kier alpha value is -2.47. The van der Waals surface area contributed by atoms with E-state index in [1.807, 2.05) is 24.3 Å². The number of nitrogens with one attached hydrogen (secondary N) is 1. The van der Waals surface area contributed by atoms with Crippen LogP contribution in [0.4, 0.5) is 0 Å². The molecule has 1 unspecified atom stereocenters. The Balaban J connectivity index is 1.90. The summed E-state index contributed by atoms with van der Waals surface area (Å²) in [6.45, 7) is 0.522. The third kappa shape index (κ3) is 5.32. The third-order valence-electron chi connectivity index (χ3n) is 4.91. The number of benzene rings is 1. The highest BCUT2D eigenvalue weighted by atomic mass is 35.5. The van der Waals surface area contributed by atoms with Crippen LogP contribution in [0.2, 0.25) is 10.0 Å². The smallest absolute Gasteiger partial charge is 0.242 e. The lowest BCUT2D eigenvalue weighted by atomic mass is 9.83. The lowest BCUT2D eigenvalue weighted by molar-refractivity contribution is -0.125. The number of aryl methyl sites for hydroxylation is 1. The van der Waals surface area contributed by atoms with E-state index in [2.05, 4.69) is 15.3 Å². The first-order chi connectivity index (χ1) is 14.0. The molecule has 150 valence electrons. The Morgan fingerprint density at radius 1 is 1.00 bits per heavy atom. The number of pyridine rings is 2. The van der Waals surface area contributed by atoms with Crippen LogP contribution in [-0.2, 0) is 23.2 Å². The zero-order chi connectivity index (χ0) is 20.7. The quantitative estimate of drug-likeness (QED) is 0.540. The number of nitrogens with zero attached hydrogens (tertiary/aromatic N) is 2. The summed E-state index contributed by atoms with van der Waals surface area (Å²) in [7, 11) is 0. The summed E-state index contributed by atoms with van der Waals surface area (Å²) in [5.41, 5.74) is 7.48. The average molecular weight is 429 g/mol. The second-order valence-electron chi connectivity index (χ2n) is 6.79. The average Bonchev–Trinajstić information content (AvgIpc) is 2.74. The van der Waals surface area contributed by atoms with Gasteiger partial charge in [0.25, 0.3) is 0 Å². The largest absolute Gasteiger partial charge is 0.368 e. The first kappa shape index (κ1) is 21.2. The summed E-state index contributed by atoms with van der Waals surface area (Å²) >= 11 is 12.7. The van der Waals surface area contributed by atoms with Crippen LogP contribution in [0, 0.1) is 0 Å². The van der Waals surface area contributed by atoms with E-state index in [9.17, 15) is 4.79 Å². The fraction of sp³-hybridized carbons (Fsp3) is 0.227. The molecule has 0 saturated carbocycles. The molecule has 2 heterocycles. The number of hydrogen-bond donors (Lipinski definition) is 2. The molecule has 5 nitrogen and oxygen atoms in total. The molecule has 0 aliphatic carbocycles. The molecule has 7 heteroatoms. The van der Waals surface area contributed by atoms with Crippen molar-refractivity contribution in [3.8, 4) is 0 Å². The maximum Gasteiger partial charge on any atom is 0.242 e. The van der Waals surface area contributed by atoms with E-state index in [0.29, 0.717) is 41.4 Å². The zero-order valence-electron chi connectivity index (χ0n) is 15.8. The minimum absolute atomic E-state index is 0.430. The van der Waals surface area contributed by atoms with Gasteiger partial charge in [-0.25, -0.2) is 0 Å². The molecule has 3 rings (SSSR count). The van der Waals surface area contributed by atoms with Crippen molar-refractivity contribution in [1.82, 2.24) is 15.3 Å². The van der Waals surface area contributed by atoms with Gasteiger partial charge in [-0.2, -0.15) is 0 Å². The van der Waals surface area contributed by atoms with Gasteiger partial charge in [0.2, 0.25) is 5.91 Å².